The topological polar surface area (TPSA) is 68.1 Å². The van der Waals surface area contributed by atoms with Crippen molar-refractivity contribution in [2.24, 2.45) is 7.05 Å². The van der Waals surface area contributed by atoms with Gasteiger partial charge in [0.2, 0.25) is 10.0 Å². The van der Waals surface area contributed by atoms with Gasteiger partial charge in [0.25, 0.3) is 0 Å². The largest absolute Gasteiger partial charge is 0.252 e. The first-order valence-electron chi connectivity index (χ1n) is 6.01. The highest BCUT2D eigenvalue weighted by Gasteiger charge is 2.16. The molecule has 0 aliphatic carbocycles. The second-order valence-corrected chi connectivity index (χ2v) is 6.24. The first-order chi connectivity index (χ1) is 9.49. The normalized spacial score (nSPS) is 12.3. The monoisotopic (exact) mass is 292 g/mol. The predicted molar refractivity (Wildman–Crippen MR) is 76.9 cm³/mol. The summed E-state index contributed by atoms with van der Waals surface area (Å²) in [5, 5.41) is 5.10. The van der Waals surface area contributed by atoms with E-state index in [1.807, 2.05) is 30.3 Å². The van der Waals surface area contributed by atoms with Gasteiger partial charge in [0.15, 0.2) is 0 Å². The summed E-state index contributed by atoms with van der Waals surface area (Å²) in [6.07, 6.45) is 2.97. The van der Waals surface area contributed by atoms with Gasteiger partial charge in [-0.1, -0.05) is 30.3 Å². The van der Waals surface area contributed by atoms with E-state index in [4.69, 9.17) is 0 Å². The number of hydrogen-bond acceptors (Lipinski definition) is 4. The van der Waals surface area contributed by atoms with Gasteiger partial charge in [-0.05, 0) is 11.6 Å². The molecule has 0 spiro atoms. The van der Waals surface area contributed by atoms with Crippen LogP contribution in [0.2, 0.25) is 0 Å². The lowest BCUT2D eigenvalue weighted by molar-refractivity contribution is 0.455. The lowest BCUT2D eigenvalue weighted by Crippen LogP contribution is -2.25. The molecule has 0 unspecified atom stereocenters. The quantitative estimate of drug-likeness (QED) is 0.831. The molecule has 2 aromatic rings. The van der Waals surface area contributed by atoms with E-state index in [1.54, 1.807) is 17.8 Å². The lowest BCUT2D eigenvalue weighted by Gasteiger charge is -2.13. The molecule has 6 nitrogen and oxygen atoms in total. The fourth-order valence-corrected chi connectivity index (χ4v) is 2.42. The number of benzene rings is 1. The third-order valence-electron chi connectivity index (χ3n) is 2.84. The molecule has 1 aromatic heterocycles. The molecule has 2 rings (SSSR count). The highest BCUT2D eigenvalue weighted by molar-refractivity contribution is 7.92. The fraction of sp³-hybridized carbons (Fsp3) is 0.231. The summed E-state index contributed by atoms with van der Waals surface area (Å²) < 4.78 is 27.0. The van der Waals surface area contributed by atoms with E-state index in [2.05, 4.69) is 10.1 Å². The zero-order valence-corrected chi connectivity index (χ0v) is 12.2. The molecule has 1 heterocycles. The smallest absolute Gasteiger partial charge is 0.236 e. The van der Waals surface area contributed by atoms with Crippen molar-refractivity contribution in [1.82, 2.24) is 19.1 Å². The molecule has 20 heavy (non-hydrogen) atoms. The van der Waals surface area contributed by atoms with Gasteiger partial charge < -0.3 is 0 Å². The van der Waals surface area contributed by atoms with Crippen LogP contribution >= 0.6 is 0 Å². The Morgan fingerprint density at radius 1 is 1.30 bits per heavy atom. The van der Waals surface area contributed by atoms with Crippen molar-refractivity contribution in [1.29, 1.82) is 0 Å². The van der Waals surface area contributed by atoms with Crippen molar-refractivity contribution in [3.8, 4) is 0 Å². The van der Waals surface area contributed by atoms with Crippen LogP contribution in [0.25, 0.3) is 6.08 Å². The van der Waals surface area contributed by atoms with E-state index in [1.165, 1.54) is 23.1 Å². The minimum absolute atomic E-state index is 0.179. The number of sulfonamides is 1. The summed E-state index contributed by atoms with van der Waals surface area (Å²) in [6.45, 7) is 0.179. The second kappa shape index (κ2) is 5.98. The van der Waals surface area contributed by atoms with E-state index < -0.39 is 10.0 Å². The van der Waals surface area contributed by atoms with E-state index in [0.717, 1.165) is 5.56 Å². The Bertz CT molecular complexity index is 692. The van der Waals surface area contributed by atoms with E-state index >= 15 is 0 Å². The molecule has 7 heteroatoms. The predicted octanol–water partition coefficient (Wildman–Crippen LogP) is 1.25. The van der Waals surface area contributed by atoms with Gasteiger partial charge in [-0.15, -0.1) is 0 Å². The van der Waals surface area contributed by atoms with Crippen LogP contribution in [-0.4, -0.2) is 34.5 Å². The van der Waals surface area contributed by atoms with Crippen molar-refractivity contribution in [3.05, 3.63) is 53.5 Å². The van der Waals surface area contributed by atoms with Crippen LogP contribution in [0, 0.1) is 0 Å². The maximum Gasteiger partial charge on any atom is 0.236 e. The number of nitrogens with zero attached hydrogens (tertiary/aromatic N) is 4. The van der Waals surface area contributed by atoms with Crippen molar-refractivity contribution in [2.75, 3.05) is 7.05 Å². The highest BCUT2D eigenvalue weighted by Crippen LogP contribution is 2.09. The van der Waals surface area contributed by atoms with E-state index in [0.29, 0.717) is 5.82 Å². The summed E-state index contributed by atoms with van der Waals surface area (Å²) in [4.78, 5) is 4.01. The molecule has 1 aromatic carbocycles. The summed E-state index contributed by atoms with van der Waals surface area (Å²) >= 11 is 0. The van der Waals surface area contributed by atoms with Gasteiger partial charge in [-0.25, -0.2) is 13.4 Å². The zero-order chi connectivity index (χ0) is 14.6. The van der Waals surface area contributed by atoms with Gasteiger partial charge in [-0.3, -0.25) is 4.68 Å². The molecule has 0 radical (unpaired) electrons. The molecule has 0 N–H and O–H groups in total. The van der Waals surface area contributed by atoms with E-state index in [9.17, 15) is 8.42 Å². The highest BCUT2D eigenvalue weighted by atomic mass is 32.2. The van der Waals surface area contributed by atoms with Crippen molar-refractivity contribution in [2.45, 2.75) is 6.54 Å². The molecule has 0 bridgehead atoms. The Kier molecular flexibility index (Phi) is 4.31. The minimum atomic E-state index is -3.48. The molecule has 106 valence electrons. The van der Waals surface area contributed by atoms with Crippen LogP contribution < -0.4 is 0 Å². The Morgan fingerprint density at radius 2 is 2.00 bits per heavy atom. The molecule has 0 saturated carbocycles. The van der Waals surface area contributed by atoms with Crippen LogP contribution in [-0.2, 0) is 23.6 Å². The van der Waals surface area contributed by atoms with Crippen LogP contribution in [0.1, 0.15) is 11.4 Å². The molecule has 0 amide bonds. The van der Waals surface area contributed by atoms with Crippen LogP contribution in [0.3, 0.4) is 0 Å². The maximum absolute atomic E-state index is 12.1. The van der Waals surface area contributed by atoms with Gasteiger partial charge in [0.05, 0.1) is 6.54 Å². The maximum atomic E-state index is 12.1. The van der Waals surface area contributed by atoms with Gasteiger partial charge in [0.1, 0.15) is 12.2 Å². The Morgan fingerprint density at radius 3 is 2.60 bits per heavy atom. The average molecular weight is 292 g/mol. The van der Waals surface area contributed by atoms with Crippen LogP contribution in [0.5, 0.6) is 0 Å². The first-order valence-corrected chi connectivity index (χ1v) is 7.52. The van der Waals surface area contributed by atoms with Gasteiger partial charge in [-0.2, -0.15) is 9.40 Å². The third kappa shape index (κ3) is 3.52. The summed E-state index contributed by atoms with van der Waals surface area (Å²) in [6, 6.07) is 9.28. The number of aromatic nitrogens is 3. The summed E-state index contributed by atoms with van der Waals surface area (Å²) in [7, 11) is -0.242. The van der Waals surface area contributed by atoms with Gasteiger partial charge in [0, 0.05) is 19.5 Å². The molecular formula is C13H16N4O2S. The molecule has 0 fully saturated rings. The first kappa shape index (κ1) is 14.4. The molecule has 0 aliphatic rings. The standard InChI is InChI=1S/C13H16N4O2S/c1-16(10-13-14-11-15-17(13)2)20(18,19)9-8-12-6-4-3-5-7-12/h3-9,11H,10H2,1-2H3/b9-8+. The Labute approximate surface area is 118 Å². The van der Waals surface area contributed by atoms with Crippen molar-refractivity contribution < 1.29 is 8.42 Å². The lowest BCUT2D eigenvalue weighted by atomic mass is 10.2. The van der Waals surface area contributed by atoms with Crippen molar-refractivity contribution in [3.63, 3.8) is 0 Å². The van der Waals surface area contributed by atoms with E-state index in [-0.39, 0.29) is 6.54 Å². The SMILES string of the molecule is CN(Cc1ncnn1C)S(=O)(=O)/C=C/c1ccccc1. The number of rotatable bonds is 5. The summed E-state index contributed by atoms with van der Waals surface area (Å²) in [5.74, 6) is 0.587. The van der Waals surface area contributed by atoms with Crippen LogP contribution in [0.4, 0.5) is 0 Å². The third-order valence-corrected chi connectivity index (χ3v) is 4.31. The molecule has 0 aliphatic heterocycles. The Balaban J connectivity index is 2.10. The minimum Gasteiger partial charge on any atom is -0.252 e. The number of aryl methyl sites for hydroxylation is 1. The fourth-order valence-electron chi connectivity index (χ4n) is 1.59. The Hall–Kier alpha value is -1.99. The van der Waals surface area contributed by atoms with Crippen LogP contribution in [0.15, 0.2) is 42.1 Å². The second-order valence-electron chi connectivity index (χ2n) is 4.31. The molecular weight excluding hydrogens is 276 g/mol. The van der Waals surface area contributed by atoms with Gasteiger partial charge >= 0.3 is 0 Å². The average Bonchev–Trinajstić information content (AvgIpc) is 2.83. The molecule has 0 atom stereocenters. The van der Waals surface area contributed by atoms with Crippen molar-refractivity contribution >= 4 is 16.1 Å². The summed E-state index contributed by atoms with van der Waals surface area (Å²) in [5.41, 5.74) is 0.836. The zero-order valence-electron chi connectivity index (χ0n) is 11.3. The molecule has 0 saturated heterocycles. The number of hydrogen-bond donors (Lipinski definition) is 0.